The Morgan fingerprint density at radius 3 is 2.73 bits per heavy atom. The number of ether oxygens (including phenoxy) is 1. The third-order valence-electron chi connectivity index (χ3n) is 4.68. The van der Waals surface area contributed by atoms with Crippen LogP contribution in [-0.2, 0) is 9.53 Å². The summed E-state index contributed by atoms with van der Waals surface area (Å²) in [6, 6.07) is 1.67. The van der Waals surface area contributed by atoms with Crippen molar-refractivity contribution in [2.75, 3.05) is 7.11 Å². The molecule has 0 spiro atoms. The highest BCUT2D eigenvalue weighted by molar-refractivity contribution is 5.93. The SMILES string of the molecule is COC(=O)[C@H]1CCCCC[C@H]1NC(=O)c1cc(C2CC2)[nH]n1. The van der Waals surface area contributed by atoms with Gasteiger partial charge in [0.25, 0.3) is 5.91 Å². The molecule has 1 aromatic rings. The molecule has 1 amide bonds. The first kappa shape index (κ1) is 15.1. The fourth-order valence-electron chi connectivity index (χ4n) is 3.21. The summed E-state index contributed by atoms with van der Waals surface area (Å²) >= 11 is 0. The molecule has 3 rings (SSSR count). The number of carbonyl (C=O) groups is 2. The molecule has 2 N–H and O–H groups in total. The van der Waals surface area contributed by atoms with Crippen molar-refractivity contribution in [2.45, 2.75) is 56.9 Å². The molecule has 2 aliphatic rings. The van der Waals surface area contributed by atoms with Gasteiger partial charge >= 0.3 is 5.97 Å². The highest BCUT2D eigenvalue weighted by Gasteiger charge is 2.32. The van der Waals surface area contributed by atoms with Crippen molar-refractivity contribution in [3.63, 3.8) is 0 Å². The van der Waals surface area contributed by atoms with E-state index in [9.17, 15) is 9.59 Å². The zero-order valence-electron chi connectivity index (χ0n) is 12.9. The molecular weight excluding hydrogens is 282 g/mol. The Kier molecular flexibility index (Phi) is 4.45. The minimum atomic E-state index is -0.252. The molecule has 0 saturated heterocycles. The average Bonchev–Trinajstić information content (AvgIpc) is 3.30. The first-order valence-corrected chi connectivity index (χ1v) is 8.13. The van der Waals surface area contributed by atoms with E-state index in [1.807, 2.05) is 6.07 Å². The number of carbonyl (C=O) groups excluding carboxylic acids is 2. The molecule has 0 unspecified atom stereocenters. The first-order chi connectivity index (χ1) is 10.7. The maximum Gasteiger partial charge on any atom is 0.310 e. The lowest BCUT2D eigenvalue weighted by Gasteiger charge is -2.23. The highest BCUT2D eigenvalue weighted by atomic mass is 16.5. The maximum absolute atomic E-state index is 12.4. The molecule has 1 aromatic heterocycles. The van der Waals surface area contributed by atoms with Crippen LogP contribution >= 0.6 is 0 Å². The van der Waals surface area contributed by atoms with Crippen molar-refractivity contribution < 1.29 is 14.3 Å². The fraction of sp³-hybridized carbons (Fsp3) is 0.688. The van der Waals surface area contributed by atoms with Crippen LogP contribution in [-0.4, -0.2) is 35.2 Å². The van der Waals surface area contributed by atoms with Crippen molar-refractivity contribution in [3.05, 3.63) is 17.5 Å². The van der Waals surface area contributed by atoms with E-state index in [2.05, 4.69) is 15.5 Å². The standard InChI is InChI=1S/C16H23N3O3/c1-22-16(21)11-5-3-2-4-6-12(11)17-15(20)14-9-13(18-19-14)10-7-8-10/h9-12H,2-8H2,1H3,(H,17,20)(H,18,19)/t11-,12+/m0/s1. The summed E-state index contributed by atoms with van der Waals surface area (Å²) < 4.78 is 4.89. The second-order valence-electron chi connectivity index (χ2n) is 6.33. The van der Waals surface area contributed by atoms with Gasteiger partial charge in [-0.1, -0.05) is 19.3 Å². The van der Waals surface area contributed by atoms with Crippen LogP contribution in [0.1, 0.15) is 67.0 Å². The number of nitrogens with zero attached hydrogens (tertiary/aromatic N) is 1. The Bertz CT molecular complexity index is 551. The van der Waals surface area contributed by atoms with Gasteiger partial charge in [-0.2, -0.15) is 5.10 Å². The van der Waals surface area contributed by atoms with Crippen molar-refractivity contribution in [1.29, 1.82) is 0 Å². The molecule has 22 heavy (non-hydrogen) atoms. The molecule has 1 heterocycles. The van der Waals surface area contributed by atoms with Gasteiger partial charge in [0.1, 0.15) is 5.69 Å². The van der Waals surface area contributed by atoms with Gasteiger partial charge in [-0.3, -0.25) is 14.7 Å². The van der Waals surface area contributed by atoms with E-state index in [0.717, 1.165) is 50.6 Å². The Balaban J connectivity index is 1.67. The zero-order valence-corrected chi connectivity index (χ0v) is 12.9. The summed E-state index contributed by atoms with van der Waals surface area (Å²) in [5.41, 5.74) is 1.45. The van der Waals surface area contributed by atoms with Gasteiger partial charge in [-0.05, 0) is 31.7 Å². The van der Waals surface area contributed by atoms with Gasteiger partial charge in [-0.15, -0.1) is 0 Å². The van der Waals surface area contributed by atoms with E-state index in [-0.39, 0.29) is 23.8 Å². The number of methoxy groups -OCH3 is 1. The fourth-order valence-corrected chi connectivity index (χ4v) is 3.21. The maximum atomic E-state index is 12.4. The first-order valence-electron chi connectivity index (χ1n) is 8.13. The van der Waals surface area contributed by atoms with E-state index in [1.54, 1.807) is 0 Å². The second-order valence-corrected chi connectivity index (χ2v) is 6.33. The Morgan fingerprint density at radius 2 is 2.00 bits per heavy atom. The van der Waals surface area contributed by atoms with Gasteiger partial charge in [0.05, 0.1) is 13.0 Å². The van der Waals surface area contributed by atoms with Crippen molar-refractivity contribution in [1.82, 2.24) is 15.5 Å². The quantitative estimate of drug-likeness (QED) is 0.659. The van der Waals surface area contributed by atoms with Gasteiger partial charge in [0.15, 0.2) is 0 Å². The topological polar surface area (TPSA) is 84.1 Å². The molecule has 2 fully saturated rings. The molecule has 2 atom stereocenters. The van der Waals surface area contributed by atoms with Crippen LogP contribution in [0.25, 0.3) is 0 Å². The van der Waals surface area contributed by atoms with Crippen LogP contribution in [0.15, 0.2) is 6.07 Å². The normalized spacial score (nSPS) is 25.3. The van der Waals surface area contributed by atoms with Gasteiger partial charge < -0.3 is 10.1 Å². The van der Waals surface area contributed by atoms with Crippen LogP contribution in [0.5, 0.6) is 0 Å². The smallest absolute Gasteiger partial charge is 0.310 e. The molecule has 0 radical (unpaired) electrons. The number of esters is 1. The largest absolute Gasteiger partial charge is 0.469 e. The number of hydrogen-bond donors (Lipinski definition) is 2. The minimum Gasteiger partial charge on any atom is -0.469 e. The minimum absolute atomic E-state index is 0.163. The van der Waals surface area contributed by atoms with Gasteiger partial charge in [-0.25, -0.2) is 0 Å². The molecule has 120 valence electrons. The predicted octanol–water partition coefficient (Wildman–Crippen LogP) is 2.14. The monoisotopic (exact) mass is 305 g/mol. The Labute approximate surface area is 130 Å². The summed E-state index contributed by atoms with van der Waals surface area (Å²) in [5.74, 6) is -0.148. The molecule has 6 nitrogen and oxygen atoms in total. The van der Waals surface area contributed by atoms with Crippen molar-refractivity contribution in [3.8, 4) is 0 Å². The predicted molar refractivity (Wildman–Crippen MR) is 80.4 cm³/mol. The number of H-pyrrole nitrogens is 1. The summed E-state index contributed by atoms with van der Waals surface area (Å²) in [6.07, 6.45) is 7.02. The summed E-state index contributed by atoms with van der Waals surface area (Å²) in [4.78, 5) is 24.3. The number of hydrogen-bond acceptors (Lipinski definition) is 4. The van der Waals surface area contributed by atoms with E-state index in [1.165, 1.54) is 7.11 Å². The third kappa shape index (κ3) is 3.31. The van der Waals surface area contributed by atoms with E-state index in [4.69, 9.17) is 4.74 Å². The number of nitrogens with one attached hydrogen (secondary N) is 2. The molecule has 6 heteroatoms. The van der Waals surface area contributed by atoms with Gasteiger partial charge in [0, 0.05) is 17.7 Å². The number of aromatic nitrogens is 2. The van der Waals surface area contributed by atoms with Crippen LogP contribution in [0.2, 0.25) is 0 Å². The summed E-state index contributed by atoms with van der Waals surface area (Å²) in [7, 11) is 1.40. The lowest BCUT2D eigenvalue weighted by atomic mass is 9.94. The number of rotatable bonds is 4. The second kappa shape index (κ2) is 6.50. The zero-order chi connectivity index (χ0) is 15.5. The third-order valence-corrected chi connectivity index (χ3v) is 4.68. The number of amides is 1. The average molecular weight is 305 g/mol. The molecule has 0 aromatic carbocycles. The molecule has 2 aliphatic carbocycles. The van der Waals surface area contributed by atoms with E-state index < -0.39 is 0 Å². The van der Waals surface area contributed by atoms with Crippen molar-refractivity contribution in [2.24, 2.45) is 5.92 Å². The summed E-state index contributed by atoms with van der Waals surface area (Å²) in [5, 5.41) is 10.0. The number of aromatic amines is 1. The van der Waals surface area contributed by atoms with Crippen LogP contribution < -0.4 is 5.32 Å². The molecule has 0 aliphatic heterocycles. The highest BCUT2D eigenvalue weighted by Crippen LogP contribution is 2.39. The van der Waals surface area contributed by atoms with Gasteiger partial charge in [0.2, 0.25) is 0 Å². The molecule has 2 saturated carbocycles. The lowest BCUT2D eigenvalue weighted by Crippen LogP contribution is -2.43. The molecule has 0 bridgehead atoms. The van der Waals surface area contributed by atoms with E-state index >= 15 is 0 Å². The van der Waals surface area contributed by atoms with Crippen LogP contribution in [0, 0.1) is 5.92 Å². The summed E-state index contributed by atoms with van der Waals surface area (Å²) in [6.45, 7) is 0. The Hall–Kier alpha value is -1.85. The molecular formula is C16H23N3O3. The van der Waals surface area contributed by atoms with Crippen molar-refractivity contribution >= 4 is 11.9 Å². The van der Waals surface area contributed by atoms with E-state index in [0.29, 0.717) is 11.6 Å². The Morgan fingerprint density at radius 1 is 1.23 bits per heavy atom. The van der Waals surface area contributed by atoms with Crippen LogP contribution in [0.3, 0.4) is 0 Å². The lowest BCUT2D eigenvalue weighted by molar-refractivity contribution is -0.146. The van der Waals surface area contributed by atoms with Crippen LogP contribution in [0.4, 0.5) is 0 Å².